The fourth-order valence-electron chi connectivity index (χ4n) is 5.31. The number of unbranched alkanes of at least 4 members (excludes halogenated alkanes) is 13. The van der Waals surface area contributed by atoms with Crippen LogP contribution >= 0.6 is 0 Å². The topological polar surface area (TPSA) is 78.9 Å². The predicted octanol–water partition coefficient (Wildman–Crippen LogP) is 13.1. The van der Waals surface area contributed by atoms with Crippen LogP contribution in [0.5, 0.6) is 0 Å². The van der Waals surface area contributed by atoms with Crippen LogP contribution in [0.3, 0.4) is 0 Å². The van der Waals surface area contributed by atoms with Gasteiger partial charge in [0.05, 0.1) is 0 Å². The van der Waals surface area contributed by atoms with Gasteiger partial charge >= 0.3 is 17.9 Å². The van der Waals surface area contributed by atoms with Crippen molar-refractivity contribution in [1.29, 1.82) is 0 Å². The van der Waals surface area contributed by atoms with Crippen molar-refractivity contribution < 1.29 is 28.6 Å². The van der Waals surface area contributed by atoms with Gasteiger partial charge < -0.3 is 14.2 Å². The van der Waals surface area contributed by atoms with Gasteiger partial charge in [0.2, 0.25) is 0 Å². The number of carbonyl (C=O) groups excluding carboxylic acids is 3. The van der Waals surface area contributed by atoms with E-state index in [1.807, 2.05) is 12.2 Å². The SMILES string of the molecule is CC/C=C\C/C=C\C/C=C\C/C=C\CCC(=O)OC(COC(=O)CCCCCCC)COC(=O)CCCCCCC/C=C\C/C=C\CCCCCC. The zero-order valence-corrected chi connectivity index (χ0v) is 33.5. The van der Waals surface area contributed by atoms with Crippen molar-refractivity contribution in [2.24, 2.45) is 0 Å². The van der Waals surface area contributed by atoms with E-state index < -0.39 is 12.1 Å². The van der Waals surface area contributed by atoms with E-state index in [4.69, 9.17) is 14.2 Å². The molecule has 0 N–H and O–H groups in total. The van der Waals surface area contributed by atoms with E-state index in [9.17, 15) is 14.4 Å². The number of ether oxygens (including phenoxy) is 3. The summed E-state index contributed by atoms with van der Waals surface area (Å²) in [5.74, 6) is -1.03. The van der Waals surface area contributed by atoms with Gasteiger partial charge in [-0.1, -0.05) is 158 Å². The van der Waals surface area contributed by atoms with Gasteiger partial charge in [-0.25, -0.2) is 0 Å². The summed E-state index contributed by atoms with van der Waals surface area (Å²) in [6.45, 7) is 6.31. The van der Waals surface area contributed by atoms with Crippen LogP contribution in [0.25, 0.3) is 0 Å². The Bertz CT molecular complexity index is 1020. The maximum absolute atomic E-state index is 12.6. The molecule has 0 radical (unpaired) electrons. The molecule has 0 aromatic heterocycles. The highest BCUT2D eigenvalue weighted by Gasteiger charge is 2.19. The summed E-state index contributed by atoms with van der Waals surface area (Å²) in [7, 11) is 0. The highest BCUT2D eigenvalue weighted by atomic mass is 16.6. The normalized spacial score (nSPS) is 12.8. The Balaban J connectivity index is 4.39. The molecule has 0 aromatic rings. The van der Waals surface area contributed by atoms with Crippen LogP contribution in [0.15, 0.2) is 72.9 Å². The van der Waals surface area contributed by atoms with Crippen molar-refractivity contribution in [3.63, 3.8) is 0 Å². The maximum Gasteiger partial charge on any atom is 0.306 e. The van der Waals surface area contributed by atoms with E-state index in [0.717, 1.165) is 103 Å². The lowest BCUT2D eigenvalue weighted by molar-refractivity contribution is -0.166. The van der Waals surface area contributed by atoms with Crippen molar-refractivity contribution in [3.8, 4) is 0 Å². The quantitative estimate of drug-likeness (QED) is 0.0277. The lowest BCUT2D eigenvalue weighted by atomic mass is 10.1. The molecule has 0 saturated heterocycles. The van der Waals surface area contributed by atoms with Gasteiger partial charge in [-0.2, -0.15) is 0 Å². The molecule has 0 aromatic carbocycles. The largest absolute Gasteiger partial charge is 0.462 e. The molecule has 0 rings (SSSR count). The molecule has 6 nitrogen and oxygen atoms in total. The summed E-state index contributed by atoms with van der Waals surface area (Å²) in [6.07, 6.45) is 49.3. The highest BCUT2D eigenvalue weighted by Crippen LogP contribution is 2.11. The predicted molar refractivity (Wildman–Crippen MR) is 219 cm³/mol. The highest BCUT2D eigenvalue weighted by molar-refractivity contribution is 5.71. The van der Waals surface area contributed by atoms with Crippen molar-refractivity contribution >= 4 is 17.9 Å². The van der Waals surface area contributed by atoms with Crippen molar-refractivity contribution in [3.05, 3.63) is 72.9 Å². The Morgan fingerprint density at radius 1 is 0.404 bits per heavy atom. The van der Waals surface area contributed by atoms with Gasteiger partial charge in [0.25, 0.3) is 0 Å². The first-order valence-corrected chi connectivity index (χ1v) is 20.9. The number of carbonyl (C=O) groups is 3. The zero-order chi connectivity index (χ0) is 38.0. The molecule has 6 heteroatoms. The number of hydrogen-bond acceptors (Lipinski definition) is 6. The Kier molecular flexibility index (Phi) is 38.2. The van der Waals surface area contributed by atoms with Gasteiger partial charge in [0, 0.05) is 19.3 Å². The standard InChI is InChI=1S/C46H76O6/c1-4-7-10-13-15-17-19-21-22-23-25-26-28-30-33-36-39-45(48)51-42-43(41-50-44(47)38-35-32-12-9-6-3)52-46(49)40-37-34-31-29-27-24-20-18-16-14-11-8-5-2/h8,11,16-19,22-24,27,31,34,43H,4-7,9-10,12-15,20-21,25-26,28-30,32-33,35-42H2,1-3H3/b11-8-,18-16-,19-17-,23-22-,27-24-,34-31-. The smallest absolute Gasteiger partial charge is 0.306 e. The van der Waals surface area contributed by atoms with Gasteiger partial charge in [0.15, 0.2) is 6.10 Å². The maximum atomic E-state index is 12.6. The molecule has 1 unspecified atom stereocenters. The molecule has 0 heterocycles. The average Bonchev–Trinajstić information content (AvgIpc) is 3.14. The molecular formula is C46H76O6. The minimum absolute atomic E-state index is 0.111. The summed E-state index contributed by atoms with van der Waals surface area (Å²) in [5.41, 5.74) is 0. The molecule has 0 spiro atoms. The molecule has 0 aliphatic carbocycles. The van der Waals surface area contributed by atoms with Crippen LogP contribution in [0, 0.1) is 0 Å². The molecule has 0 saturated carbocycles. The zero-order valence-electron chi connectivity index (χ0n) is 33.5. The van der Waals surface area contributed by atoms with E-state index in [0.29, 0.717) is 19.3 Å². The van der Waals surface area contributed by atoms with Crippen LogP contribution in [0.2, 0.25) is 0 Å². The fraction of sp³-hybridized carbons (Fsp3) is 0.674. The Hall–Kier alpha value is -3.15. The summed E-state index contributed by atoms with van der Waals surface area (Å²) in [5, 5.41) is 0. The third-order valence-corrected chi connectivity index (χ3v) is 8.46. The molecule has 296 valence electrons. The van der Waals surface area contributed by atoms with Crippen molar-refractivity contribution in [2.75, 3.05) is 13.2 Å². The molecule has 0 aliphatic heterocycles. The van der Waals surface area contributed by atoms with Crippen LogP contribution < -0.4 is 0 Å². The van der Waals surface area contributed by atoms with Gasteiger partial charge in [0.1, 0.15) is 13.2 Å². The van der Waals surface area contributed by atoms with Crippen LogP contribution in [-0.2, 0) is 28.6 Å². The lowest BCUT2D eigenvalue weighted by Gasteiger charge is -2.18. The van der Waals surface area contributed by atoms with Crippen molar-refractivity contribution in [2.45, 2.75) is 187 Å². The Labute approximate surface area is 319 Å². The van der Waals surface area contributed by atoms with Gasteiger partial charge in [-0.05, 0) is 77.0 Å². The van der Waals surface area contributed by atoms with E-state index in [1.54, 1.807) is 0 Å². The number of allylic oxidation sites excluding steroid dienone is 12. The first kappa shape index (κ1) is 48.9. The van der Waals surface area contributed by atoms with Crippen LogP contribution in [0.4, 0.5) is 0 Å². The van der Waals surface area contributed by atoms with E-state index >= 15 is 0 Å². The summed E-state index contributed by atoms with van der Waals surface area (Å²) in [4.78, 5) is 37.3. The monoisotopic (exact) mass is 725 g/mol. The molecule has 1 atom stereocenters. The van der Waals surface area contributed by atoms with Crippen molar-refractivity contribution in [1.82, 2.24) is 0 Å². The second-order valence-corrected chi connectivity index (χ2v) is 13.5. The van der Waals surface area contributed by atoms with E-state index in [2.05, 4.69) is 81.5 Å². The molecule has 52 heavy (non-hydrogen) atoms. The average molecular weight is 725 g/mol. The molecule has 0 fully saturated rings. The summed E-state index contributed by atoms with van der Waals surface area (Å²) < 4.78 is 16.5. The molecule has 0 aliphatic rings. The first-order chi connectivity index (χ1) is 25.5. The summed E-state index contributed by atoms with van der Waals surface area (Å²) in [6, 6.07) is 0. The van der Waals surface area contributed by atoms with Gasteiger partial charge in [-0.15, -0.1) is 0 Å². The summed E-state index contributed by atoms with van der Waals surface area (Å²) >= 11 is 0. The Morgan fingerprint density at radius 3 is 1.27 bits per heavy atom. The molecule has 0 bridgehead atoms. The number of esters is 3. The second kappa shape index (κ2) is 40.6. The Morgan fingerprint density at radius 2 is 0.788 bits per heavy atom. The molecule has 0 amide bonds. The lowest BCUT2D eigenvalue weighted by Crippen LogP contribution is -2.30. The second-order valence-electron chi connectivity index (χ2n) is 13.5. The van der Waals surface area contributed by atoms with Crippen LogP contribution in [-0.4, -0.2) is 37.2 Å². The fourth-order valence-corrected chi connectivity index (χ4v) is 5.31. The molecular weight excluding hydrogens is 648 g/mol. The van der Waals surface area contributed by atoms with E-state index in [1.165, 1.54) is 32.1 Å². The van der Waals surface area contributed by atoms with Gasteiger partial charge in [-0.3, -0.25) is 14.4 Å². The minimum atomic E-state index is -0.813. The third kappa shape index (κ3) is 38.1. The number of hydrogen-bond donors (Lipinski definition) is 0. The van der Waals surface area contributed by atoms with E-state index in [-0.39, 0.29) is 31.6 Å². The minimum Gasteiger partial charge on any atom is -0.462 e. The third-order valence-electron chi connectivity index (χ3n) is 8.46. The van der Waals surface area contributed by atoms with Crippen LogP contribution in [0.1, 0.15) is 181 Å². The number of rotatable bonds is 36. The first-order valence-electron chi connectivity index (χ1n) is 20.9.